The van der Waals surface area contributed by atoms with Crippen LogP contribution in [0, 0.1) is 6.92 Å². The quantitative estimate of drug-likeness (QED) is 0.479. The number of aryl methyl sites for hydroxylation is 1. The van der Waals surface area contributed by atoms with Crippen LogP contribution in [0.1, 0.15) is 46.3 Å². The zero-order valence-corrected chi connectivity index (χ0v) is 17.3. The molecule has 0 unspecified atom stereocenters. The molecule has 4 aromatic rings. The summed E-state index contributed by atoms with van der Waals surface area (Å²) in [6.45, 7) is 5.27. The number of carbonyl (C=O) groups excluding carboxylic acids is 2. The van der Waals surface area contributed by atoms with E-state index in [0.29, 0.717) is 11.3 Å². The molecule has 31 heavy (non-hydrogen) atoms. The molecule has 0 atom stereocenters. The van der Waals surface area contributed by atoms with E-state index in [9.17, 15) is 14.4 Å². The molecule has 2 N–H and O–H groups in total. The zero-order chi connectivity index (χ0) is 22.3. The van der Waals surface area contributed by atoms with Gasteiger partial charge in [0.15, 0.2) is 28.7 Å². The lowest BCUT2D eigenvalue weighted by atomic mass is 10.1. The van der Waals surface area contributed by atoms with Crippen LogP contribution in [0.4, 0.5) is 0 Å². The number of benzene rings is 1. The SMILES string of the molecule is Cc1ccc(C(=O)Cn2c(=O)n(C(C)C)c3nc(-c4ccco4)nc(C(N)=O)c32)cc1. The van der Waals surface area contributed by atoms with Gasteiger partial charge in [0, 0.05) is 11.6 Å². The third-order valence-corrected chi connectivity index (χ3v) is 4.97. The summed E-state index contributed by atoms with van der Waals surface area (Å²) in [5.74, 6) is -0.661. The minimum Gasteiger partial charge on any atom is -0.461 e. The van der Waals surface area contributed by atoms with Gasteiger partial charge in [0.25, 0.3) is 5.91 Å². The van der Waals surface area contributed by atoms with E-state index in [4.69, 9.17) is 10.2 Å². The number of aromatic nitrogens is 4. The molecule has 0 saturated carbocycles. The predicted molar refractivity (Wildman–Crippen MR) is 114 cm³/mol. The molecule has 9 nitrogen and oxygen atoms in total. The van der Waals surface area contributed by atoms with Gasteiger partial charge in [-0.1, -0.05) is 29.8 Å². The highest BCUT2D eigenvalue weighted by molar-refractivity contribution is 6.03. The Morgan fingerprint density at radius 1 is 1.13 bits per heavy atom. The molecule has 0 aliphatic rings. The number of amides is 1. The number of Topliss-reactive ketones (excluding diaryl/α,β-unsaturated/α-hetero) is 1. The lowest BCUT2D eigenvalue weighted by Gasteiger charge is -2.07. The highest BCUT2D eigenvalue weighted by Crippen LogP contribution is 2.24. The van der Waals surface area contributed by atoms with Crippen LogP contribution >= 0.6 is 0 Å². The monoisotopic (exact) mass is 419 g/mol. The molecule has 4 rings (SSSR count). The Labute approximate surface area is 177 Å². The molecule has 9 heteroatoms. The maximum Gasteiger partial charge on any atom is 0.331 e. The first-order valence-electron chi connectivity index (χ1n) is 9.74. The van der Waals surface area contributed by atoms with Crippen LogP contribution in [0.15, 0.2) is 51.9 Å². The van der Waals surface area contributed by atoms with E-state index in [0.717, 1.165) is 5.56 Å². The number of nitrogens with two attached hydrogens (primary N) is 1. The van der Waals surface area contributed by atoms with Gasteiger partial charge >= 0.3 is 5.69 Å². The van der Waals surface area contributed by atoms with Crippen molar-refractivity contribution >= 4 is 22.9 Å². The number of carbonyl (C=O) groups is 2. The largest absolute Gasteiger partial charge is 0.461 e. The Hall–Kier alpha value is -4.01. The van der Waals surface area contributed by atoms with Crippen molar-refractivity contribution in [1.82, 2.24) is 19.1 Å². The van der Waals surface area contributed by atoms with E-state index >= 15 is 0 Å². The van der Waals surface area contributed by atoms with Crippen molar-refractivity contribution < 1.29 is 14.0 Å². The minimum atomic E-state index is -0.836. The Morgan fingerprint density at radius 3 is 2.42 bits per heavy atom. The summed E-state index contributed by atoms with van der Waals surface area (Å²) < 4.78 is 7.97. The van der Waals surface area contributed by atoms with Gasteiger partial charge in [-0.15, -0.1) is 0 Å². The molecular formula is C22H21N5O4. The van der Waals surface area contributed by atoms with Crippen molar-refractivity contribution in [3.05, 3.63) is 70.0 Å². The maximum absolute atomic E-state index is 13.3. The van der Waals surface area contributed by atoms with E-state index in [1.807, 2.05) is 32.9 Å². The van der Waals surface area contributed by atoms with Crippen molar-refractivity contribution in [2.45, 2.75) is 33.4 Å². The molecule has 0 radical (unpaired) electrons. The van der Waals surface area contributed by atoms with Crippen LogP contribution in [0.5, 0.6) is 0 Å². The lowest BCUT2D eigenvalue weighted by Crippen LogP contribution is -2.28. The van der Waals surface area contributed by atoms with E-state index < -0.39 is 11.6 Å². The highest BCUT2D eigenvalue weighted by atomic mass is 16.3. The van der Waals surface area contributed by atoms with Crippen LogP contribution in [-0.2, 0) is 6.54 Å². The van der Waals surface area contributed by atoms with Crippen LogP contribution in [0.25, 0.3) is 22.7 Å². The van der Waals surface area contributed by atoms with Crippen molar-refractivity contribution in [2.24, 2.45) is 5.73 Å². The number of rotatable bonds is 6. The Bertz CT molecular complexity index is 1350. The fraction of sp³-hybridized carbons (Fsp3) is 0.227. The van der Waals surface area contributed by atoms with Gasteiger partial charge in [-0.25, -0.2) is 14.8 Å². The number of imidazole rings is 1. The van der Waals surface area contributed by atoms with E-state index in [1.54, 1.807) is 24.3 Å². The topological polar surface area (TPSA) is 126 Å². The molecular weight excluding hydrogens is 398 g/mol. The number of fused-ring (bicyclic) bond motifs is 1. The first kappa shape index (κ1) is 20.3. The first-order valence-corrected chi connectivity index (χ1v) is 9.74. The molecule has 0 saturated heterocycles. The van der Waals surface area contributed by atoms with Crippen LogP contribution in [0.2, 0.25) is 0 Å². The van der Waals surface area contributed by atoms with E-state index in [-0.39, 0.29) is 41.1 Å². The Morgan fingerprint density at radius 2 is 1.84 bits per heavy atom. The second-order valence-electron chi connectivity index (χ2n) is 7.53. The average molecular weight is 419 g/mol. The fourth-order valence-electron chi connectivity index (χ4n) is 3.45. The van der Waals surface area contributed by atoms with Crippen molar-refractivity contribution in [3.8, 4) is 11.6 Å². The number of nitrogens with zero attached hydrogens (tertiary/aromatic N) is 4. The fourth-order valence-corrected chi connectivity index (χ4v) is 3.45. The summed E-state index contributed by atoms with van der Waals surface area (Å²) in [5.41, 5.74) is 6.78. The molecule has 0 fully saturated rings. The van der Waals surface area contributed by atoms with Crippen LogP contribution < -0.4 is 11.4 Å². The summed E-state index contributed by atoms with van der Waals surface area (Å²) in [7, 11) is 0. The average Bonchev–Trinajstić information content (AvgIpc) is 3.35. The summed E-state index contributed by atoms with van der Waals surface area (Å²) in [5, 5.41) is 0. The predicted octanol–water partition coefficient (Wildman–Crippen LogP) is 2.72. The molecule has 158 valence electrons. The number of hydrogen-bond donors (Lipinski definition) is 1. The first-order chi connectivity index (χ1) is 14.8. The molecule has 3 heterocycles. The van der Waals surface area contributed by atoms with Crippen LogP contribution in [0.3, 0.4) is 0 Å². The smallest absolute Gasteiger partial charge is 0.331 e. The van der Waals surface area contributed by atoms with E-state index in [1.165, 1.54) is 15.4 Å². The van der Waals surface area contributed by atoms with Crippen molar-refractivity contribution in [2.75, 3.05) is 0 Å². The van der Waals surface area contributed by atoms with E-state index in [2.05, 4.69) is 9.97 Å². The van der Waals surface area contributed by atoms with Gasteiger partial charge in [0.2, 0.25) is 0 Å². The van der Waals surface area contributed by atoms with Gasteiger partial charge < -0.3 is 10.2 Å². The van der Waals surface area contributed by atoms with Gasteiger partial charge in [0.05, 0.1) is 12.8 Å². The third kappa shape index (κ3) is 3.54. The van der Waals surface area contributed by atoms with Crippen LogP contribution in [-0.4, -0.2) is 30.8 Å². The number of furan rings is 1. The lowest BCUT2D eigenvalue weighted by molar-refractivity contribution is 0.0966. The summed E-state index contributed by atoms with van der Waals surface area (Å²) in [6, 6.07) is 10.1. The molecule has 1 aromatic carbocycles. The highest BCUT2D eigenvalue weighted by Gasteiger charge is 2.26. The molecule has 0 spiro atoms. The van der Waals surface area contributed by atoms with Gasteiger partial charge in [-0.05, 0) is 32.9 Å². The maximum atomic E-state index is 13.3. The molecule has 0 aliphatic carbocycles. The molecule has 1 amide bonds. The van der Waals surface area contributed by atoms with Gasteiger partial charge in [-0.2, -0.15) is 0 Å². The normalized spacial score (nSPS) is 11.4. The Balaban J connectivity index is 1.96. The number of ketones is 1. The summed E-state index contributed by atoms with van der Waals surface area (Å²) in [4.78, 5) is 47.1. The second-order valence-corrected chi connectivity index (χ2v) is 7.53. The summed E-state index contributed by atoms with van der Waals surface area (Å²) >= 11 is 0. The molecule has 3 aromatic heterocycles. The number of hydrogen-bond acceptors (Lipinski definition) is 6. The van der Waals surface area contributed by atoms with Gasteiger partial charge in [0.1, 0.15) is 5.52 Å². The summed E-state index contributed by atoms with van der Waals surface area (Å²) in [6.07, 6.45) is 1.45. The standard InChI is InChI=1S/C22H21N5O4/c1-12(2)27-21-18(17(19(23)29)24-20(25-21)16-5-4-10-31-16)26(22(27)30)11-15(28)14-8-6-13(3)7-9-14/h4-10,12H,11H2,1-3H3,(H2,23,29). The van der Waals surface area contributed by atoms with Crippen molar-refractivity contribution in [1.29, 1.82) is 0 Å². The molecule has 0 aliphatic heterocycles. The van der Waals surface area contributed by atoms with Gasteiger partial charge in [-0.3, -0.25) is 18.7 Å². The third-order valence-electron chi connectivity index (χ3n) is 4.97. The zero-order valence-electron chi connectivity index (χ0n) is 17.3. The molecule has 0 bridgehead atoms. The number of primary amides is 1. The van der Waals surface area contributed by atoms with Crippen molar-refractivity contribution in [3.63, 3.8) is 0 Å². The Kier molecular flexibility index (Phi) is 5.02. The second kappa shape index (κ2) is 7.67. The minimum absolute atomic E-state index is 0.127.